The highest BCUT2D eigenvalue weighted by Gasteiger charge is 2.30. The van der Waals surface area contributed by atoms with E-state index in [1.165, 1.54) is 25.9 Å². The summed E-state index contributed by atoms with van der Waals surface area (Å²) in [6.07, 6.45) is 5.74. The SMILES string of the molecule is CC(C)C[C@@H](N)C(=O)N1CCC(N2CCCC2)CC1. The lowest BCUT2D eigenvalue weighted by molar-refractivity contribution is -0.134. The van der Waals surface area contributed by atoms with Gasteiger partial charge < -0.3 is 15.5 Å². The van der Waals surface area contributed by atoms with Crippen LogP contribution in [0.1, 0.15) is 46.0 Å². The standard InChI is InChI=1S/C15H29N3O/c1-12(2)11-14(16)15(19)18-9-5-13(6-10-18)17-7-3-4-8-17/h12-14H,3-11,16H2,1-2H3/t14-/m1/s1. The predicted octanol–water partition coefficient (Wildman–Crippen LogP) is 1.45. The Balaban J connectivity index is 1.77. The second-order valence-electron chi connectivity index (χ2n) is 6.54. The first-order chi connectivity index (χ1) is 9.08. The fraction of sp³-hybridized carbons (Fsp3) is 0.933. The molecule has 2 rings (SSSR count). The largest absolute Gasteiger partial charge is 0.341 e. The number of carbonyl (C=O) groups is 1. The van der Waals surface area contributed by atoms with Gasteiger partial charge in [-0.15, -0.1) is 0 Å². The summed E-state index contributed by atoms with van der Waals surface area (Å²) in [5.41, 5.74) is 6.00. The Morgan fingerprint density at radius 1 is 1.16 bits per heavy atom. The molecule has 0 aromatic carbocycles. The molecule has 4 heteroatoms. The van der Waals surface area contributed by atoms with Crippen molar-refractivity contribution >= 4 is 5.91 Å². The Morgan fingerprint density at radius 2 is 1.74 bits per heavy atom. The Hall–Kier alpha value is -0.610. The topological polar surface area (TPSA) is 49.6 Å². The first-order valence-corrected chi connectivity index (χ1v) is 7.86. The lowest BCUT2D eigenvalue weighted by Crippen LogP contribution is -2.50. The van der Waals surface area contributed by atoms with Gasteiger partial charge in [-0.25, -0.2) is 0 Å². The van der Waals surface area contributed by atoms with Crippen molar-refractivity contribution in [3.63, 3.8) is 0 Å². The average Bonchev–Trinajstić information content (AvgIpc) is 2.91. The van der Waals surface area contributed by atoms with Crippen LogP contribution >= 0.6 is 0 Å². The maximum atomic E-state index is 12.2. The van der Waals surface area contributed by atoms with Crippen molar-refractivity contribution < 1.29 is 4.79 Å². The van der Waals surface area contributed by atoms with Gasteiger partial charge in [-0.2, -0.15) is 0 Å². The molecule has 2 heterocycles. The van der Waals surface area contributed by atoms with Gasteiger partial charge in [0.15, 0.2) is 0 Å². The van der Waals surface area contributed by atoms with Gasteiger partial charge in [-0.05, 0) is 51.1 Å². The van der Waals surface area contributed by atoms with E-state index < -0.39 is 0 Å². The summed E-state index contributed by atoms with van der Waals surface area (Å²) in [5, 5.41) is 0. The molecule has 0 saturated carbocycles. The Labute approximate surface area is 117 Å². The third-order valence-electron chi connectivity index (χ3n) is 4.48. The zero-order chi connectivity index (χ0) is 13.8. The third kappa shape index (κ3) is 3.93. The summed E-state index contributed by atoms with van der Waals surface area (Å²) >= 11 is 0. The fourth-order valence-electron chi connectivity index (χ4n) is 3.40. The number of nitrogens with zero attached hydrogens (tertiary/aromatic N) is 2. The van der Waals surface area contributed by atoms with E-state index in [9.17, 15) is 4.79 Å². The van der Waals surface area contributed by atoms with Crippen LogP contribution in [0, 0.1) is 5.92 Å². The van der Waals surface area contributed by atoms with Gasteiger partial charge in [0.25, 0.3) is 0 Å². The quantitative estimate of drug-likeness (QED) is 0.838. The van der Waals surface area contributed by atoms with Crippen LogP contribution in [-0.2, 0) is 4.79 Å². The zero-order valence-corrected chi connectivity index (χ0v) is 12.5. The van der Waals surface area contributed by atoms with Crippen molar-refractivity contribution in [3.8, 4) is 0 Å². The second-order valence-corrected chi connectivity index (χ2v) is 6.54. The minimum absolute atomic E-state index is 0.161. The van der Waals surface area contributed by atoms with Gasteiger partial charge >= 0.3 is 0 Å². The summed E-state index contributed by atoms with van der Waals surface area (Å²) in [6, 6.07) is 0.399. The molecule has 2 saturated heterocycles. The molecule has 1 atom stereocenters. The van der Waals surface area contributed by atoms with E-state index in [4.69, 9.17) is 5.73 Å². The molecule has 2 N–H and O–H groups in total. The Kier molecular flexibility index (Phi) is 5.22. The molecule has 1 amide bonds. The number of rotatable bonds is 4. The maximum absolute atomic E-state index is 12.2. The van der Waals surface area contributed by atoms with E-state index in [0.29, 0.717) is 12.0 Å². The van der Waals surface area contributed by atoms with Crippen molar-refractivity contribution in [1.82, 2.24) is 9.80 Å². The first kappa shape index (κ1) is 14.8. The predicted molar refractivity (Wildman–Crippen MR) is 77.8 cm³/mol. The smallest absolute Gasteiger partial charge is 0.239 e. The molecular formula is C15H29N3O. The molecule has 19 heavy (non-hydrogen) atoms. The van der Waals surface area contributed by atoms with Crippen LogP contribution < -0.4 is 5.73 Å². The van der Waals surface area contributed by atoms with Crippen LogP contribution in [0.2, 0.25) is 0 Å². The molecule has 0 radical (unpaired) electrons. The minimum atomic E-state index is -0.302. The van der Waals surface area contributed by atoms with Crippen LogP contribution in [0.25, 0.3) is 0 Å². The number of carbonyl (C=O) groups excluding carboxylic acids is 1. The van der Waals surface area contributed by atoms with Crippen LogP contribution in [-0.4, -0.2) is 54.0 Å². The van der Waals surface area contributed by atoms with Crippen LogP contribution in [0.15, 0.2) is 0 Å². The van der Waals surface area contributed by atoms with Crippen molar-refractivity contribution in [2.24, 2.45) is 11.7 Å². The Bertz CT molecular complexity index is 292. The van der Waals surface area contributed by atoms with Gasteiger partial charge in [-0.1, -0.05) is 13.8 Å². The highest BCUT2D eigenvalue weighted by atomic mass is 16.2. The molecule has 0 bridgehead atoms. The van der Waals surface area contributed by atoms with Crippen molar-refractivity contribution in [2.75, 3.05) is 26.2 Å². The molecular weight excluding hydrogens is 238 g/mol. The molecule has 2 fully saturated rings. The molecule has 0 aromatic rings. The van der Waals surface area contributed by atoms with E-state index >= 15 is 0 Å². The number of nitrogens with two attached hydrogens (primary N) is 1. The molecule has 2 aliphatic rings. The van der Waals surface area contributed by atoms with Crippen molar-refractivity contribution in [3.05, 3.63) is 0 Å². The normalized spacial score (nSPS) is 24.1. The first-order valence-electron chi connectivity index (χ1n) is 7.86. The van der Waals surface area contributed by atoms with Gasteiger partial charge in [0.1, 0.15) is 0 Å². The van der Waals surface area contributed by atoms with Crippen LogP contribution in [0.4, 0.5) is 0 Å². The van der Waals surface area contributed by atoms with Crippen LogP contribution in [0.5, 0.6) is 0 Å². The minimum Gasteiger partial charge on any atom is -0.341 e. The van der Waals surface area contributed by atoms with Gasteiger partial charge in [-0.3, -0.25) is 4.79 Å². The zero-order valence-electron chi connectivity index (χ0n) is 12.5. The van der Waals surface area contributed by atoms with E-state index in [-0.39, 0.29) is 11.9 Å². The molecule has 110 valence electrons. The highest BCUT2D eigenvalue weighted by Crippen LogP contribution is 2.21. The molecule has 2 aliphatic heterocycles. The van der Waals surface area contributed by atoms with E-state index in [1.807, 2.05) is 4.90 Å². The molecule has 0 unspecified atom stereocenters. The van der Waals surface area contributed by atoms with Crippen molar-refractivity contribution in [2.45, 2.75) is 58.0 Å². The molecule has 0 spiro atoms. The molecule has 4 nitrogen and oxygen atoms in total. The van der Waals surface area contributed by atoms with Crippen LogP contribution in [0.3, 0.4) is 0 Å². The fourth-order valence-corrected chi connectivity index (χ4v) is 3.40. The summed E-state index contributed by atoms with van der Waals surface area (Å²) in [5.74, 6) is 0.648. The number of piperidine rings is 1. The average molecular weight is 267 g/mol. The van der Waals surface area contributed by atoms with Gasteiger partial charge in [0.05, 0.1) is 6.04 Å². The number of likely N-dealkylation sites (tertiary alicyclic amines) is 2. The third-order valence-corrected chi connectivity index (χ3v) is 4.48. The van der Waals surface area contributed by atoms with Gasteiger partial charge in [0, 0.05) is 19.1 Å². The lowest BCUT2D eigenvalue weighted by atomic mass is 10.00. The molecule has 0 aromatic heterocycles. The summed E-state index contributed by atoms with van der Waals surface area (Å²) in [4.78, 5) is 16.8. The maximum Gasteiger partial charge on any atom is 0.239 e. The van der Waals surface area contributed by atoms with Crippen molar-refractivity contribution in [1.29, 1.82) is 0 Å². The number of amides is 1. The van der Waals surface area contributed by atoms with Gasteiger partial charge in [0.2, 0.25) is 5.91 Å². The monoisotopic (exact) mass is 267 g/mol. The number of hydrogen-bond donors (Lipinski definition) is 1. The van der Waals surface area contributed by atoms with E-state index in [0.717, 1.165) is 32.4 Å². The highest BCUT2D eigenvalue weighted by molar-refractivity contribution is 5.81. The number of hydrogen-bond acceptors (Lipinski definition) is 3. The second kappa shape index (κ2) is 6.71. The molecule has 0 aliphatic carbocycles. The summed E-state index contributed by atoms with van der Waals surface area (Å²) in [7, 11) is 0. The summed E-state index contributed by atoms with van der Waals surface area (Å²) < 4.78 is 0. The van der Waals surface area contributed by atoms with E-state index in [2.05, 4.69) is 18.7 Å². The Morgan fingerprint density at radius 3 is 2.26 bits per heavy atom. The van der Waals surface area contributed by atoms with E-state index in [1.54, 1.807) is 0 Å². The summed E-state index contributed by atoms with van der Waals surface area (Å²) in [6.45, 7) is 8.54. The lowest BCUT2D eigenvalue weighted by Gasteiger charge is -2.37.